The number of hydrogen-bond acceptors (Lipinski definition) is 5. The molecule has 1 fully saturated rings. The van der Waals surface area contributed by atoms with Gasteiger partial charge in [0.1, 0.15) is 36.4 Å². The van der Waals surface area contributed by atoms with Crippen molar-refractivity contribution in [3.63, 3.8) is 0 Å². The van der Waals surface area contributed by atoms with Gasteiger partial charge in [-0.1, -0.05) is 30.3 Å². The summed E-state index contributed by atoms with van der Waals surface area (Å²) in [6.07, 6.45) is 3.55. The number of nitrogens with one attached hydrogen (secondary N) is 1. The van der Waals surface area contributed by atoms with Crippen LogP contribution in [-0.4, -0.2) is 38.4 Å². The predicted octanol–water partition coefficient (Wildman–Crippen LogP) is 3.35. The number of benzene rings is 2. The number of ether oxygens (including phenoxy) is 3. The zero-order valence-electron chi connectivity index (χ0n) is 16.2. The van der Waals surface area contributed by atoms with Crippen molar-refractivity contribution in [2.75, 3.05) is 26.4 Å². The lowest BCUT2D eigenvalue weighted by molar-refractivity contribution is -0.117. The molecule has 1 N–H and O–H groups in total. The Balaban J connectivity index is 1.46. The summed E-state index contributed by atoms with van der Waals surface area (Å²) in [4.78, 5) is 12.2. The molecule has 2 aromatic carbocycles. The molecule has 2 aromatic rings. The van der Waals surface area contributed by atoms with Crippen molar-refractivity contribution in [2.45, 2.75) is 18.9 Å². The third-order valence-electron chi connectivity index (χ3n) is 4.43. The van der Waals surface area contributed by atoms with Gasteiger partial charge in [-0.05, 0) is 48.7 Å². The molecule has 29 heavy (non-hydrogen) atoms. The predicted molar refractivity (Wildman–Crippen MR) is 109 cm³/mol. The quantitative estimate of drug-likeness (QED) is 0.402. The van der Waals surface area contributed by atoms with E-state index in [9.17, 15) is 10.1 Å². The maximum Gasteiger partial charge on any atom is 0.262 e. The van der Waals surface area contributed by atoms with Crippen LogP contribution in [0.15, 0.2) is 60.2 Å². The molecule has 0 saturated carbocycles. The Morgan fingerprint density at radius 1 is 1.10 bits per heavy atom. The first-order valence-electron chi connectivity index (χ1n) is 9.67. The summed E-state index contributed by atoms with van der Waals surface area (Å²) >= 11 is 0. The van der Waals surface area contributed by atoms with Gasteiger partial charge in [0.15, 0.2) is 0 Å². The fourth-order valence-corrected chi connectivity index (χ4v) is 2.92. The molecule has 3 rings (SSSR count). The molecule has 0 spiro atoms. The summed E-state index contributed by atoms with van der Waals surface area (Å²) in [6.45, 7) is 2.01. The van der Waals surface area contributed by atoms with Crippen LogP contribution in [0, 0.1) is 11.3 Å². The molecule has 1 aliphatic heterocycles. The van der Waals surface area contributed by atoms with Crippen molar-refractivity contribution in [3.05, 3.63) is 65.7 Å². The van der Waals surface area contributed by atoms with E-state index in [0.717, 1.165) is 30.8 Å². The van der Waals surface area contributed by atoms with Gasteiger partial charge in [-0.2, -0.15) is 5.26 Å². The zero-order valence-corrected chi connectivity index (χ0v) is 16.2. The first-order valence-corrected chi connectivity index (χ1v) is 9.67. The lowest BCUT2D eigenvalue weighted by Gasteiger charge is -2.10. The molecule has 0 radical (unpaired) electrons. The molecule has 0 aliphatic carbocycles. The van der Waals surface area contributed by atoms with Gasteiger partial charge in [0.05, 0.1) is 6.10 Å². The van der Waals surface area contributed by atoms with Crippen molar-refractivity contribution < 1.29 is 19.0 Å². The Kier molecular flexibility index (Phi) is 7.67. The number of rotatable bonds is 9. The summed E-state index contributed by atoms with van der Waals surface area (Å²) in [5.74, 6) is 1.11. The van der Waals surface area contributed by atoms with Crippen LogP contribution in [-0.2, 0) is 9.53 Å². The number of carbonyl (C=O) groups excluding carboxylic acids is 1. The second kappa shape index (κ2) is 10.9. The third kappa shape index (κ3) is 6.66. The fourth-order valence-electron chi connectivity index (χ4n) is 2.92. The van der Waals surface area contributed by atoms with E-state index in [1.54, 1.807) is 30.3 Å². The highest BCUT2D eigenvalue weighted by Crippen LogP contribution is 2.15. The molecular weight excluding hydrogens is 368 g/mol. The highest BCUT2D eigenvalue weighted by Gasteiger charge is 2.17. The third-order valence-corrected chi connectivity index (χ3v) is 4.43. The molecule has 1 aliphatic rings. The van der Waals surface area contributed by atoms with Gasteiger partial charge in [-0.25, -0.2) is 0 Å². The van der Waals surface area contributed by atoms with Crippen LogP contribution in [0.3, 0.4) is 0 Å². The van der Waals surface area contributed by atoms with Gasteiger partial charge in [-0.3, -0.25) is 4.79 Å². The Labute approximate surface area is 170 Å². The standard InChI is InChI=1S/C23H24N2O4/c24-16-19(23(26)25-17-22-7-4-12-27-22)15-18-8-10-21(11-9-18)29-14-13-28-20-5-2-1-3-6-20/h1-3,5-6,8-11,15,22H,4,7,12-14,17H2,(H,25,26)/b19-15+/t22-/m0/s1. The average molecular weight is 392 g/mol. The molecule has 6 heteroatoms. The molecule has 1 heterocycles. The minimum Gasteiger partial charge on any atom is -0.490 e. The van der Waals surface area contributed by atoms with E-state index in [1.165, 1.54) is 0 Å². The van der Waals surface area contributed by atoms with Crippen molar-refractivity contribution >= 4 is 12.0 Å². The van der Waals surface area contributed by atoms with Crippen LogP contribution >= 0.6 is 0 Å². The summed E-state index contributed by atoms with van der Waals surface area (Å²) in [5.41, 5.74) is 0.814. The number of nitriles is 1. The Hall–Kier alpha value is -3.30. The van der Waals surface area contributed by atoms with Gasteiger partial charge in [0, 0.05) is 13.2 Å². The van der Waals surface area contributed by atoms with Crippen LogP contribution in [0.2, 0.25) is 0 Å². The molecule has 1 saturated heterocycles. The molecule has 150 valence electrons. The van der Waals surface area contributed by atoms with Gasteiger partial charge in [0.2, 0.25) is 0 Å². The first kappa shape index (κ1) is 20.4. The molecule has 0 aromatic heterocycles. The average Bonchev–Trinajstić information content (AvgIpc) is 3.29. The number of para-hydroxylation sites is 1. The fraction of sp³-hybridized carbons (Fsp3) is 0.304. The topological polar surface area (TPSA) is 80.6 Å². The number of amides is 1. The lowest BCUT2D eigenvalue weighted by atomic mass is 10.1. The van der Waals surface area contributed by atoms with E-state index < -0.39 is 0 Å². The molecular formula is C23H24N2O4. The van der Waals surface area contributed by atoms with Crippen LogP contribution in [0.25, 0.3) is 6.08 Å². The van der Waals surface area contributed by atoms with E-state index in [2.05, 4.69) is 5.32 Å². The van der Waals surface area contributed by atoms with E-state index in [4.69, 9.17) is 14.2 Å². The van der Waals surface area contributed by atoms with E-state index in [1.807, 2.05) is 36.4 Å². The Bertz CT molecular complexity index is 851. The minimum absolute atomic E-state index is 0.0428. The lowest BCUT2D eigenvalue weighted by Crippen LogP contribution is -2.32. The second-order valence-corrected chi connectivity index (χ2v) is 6.59. The molecule has 1 amide bonds. The smallest absolute Gasteiger partial charge is 0.262 e. The number of hydrogen-bond donors (Lipinski definition) is 1. The highest BCUT2D eigenvalue weighted by atomic mass is 16.5. The molecule has 1 atom stereocenters. The number of carbonyl (C=O) groups is 1. The van der Waals surface area contributed by atoms with Gasteiger partial charge in [-0.15, -0.1) is 0 Å². The van der Waals surface area contributed by atoms with Crippen LogP contribution in [0.1, 0.15) is 18.4 Å². The monoisotopic (exact) mass is 392 g/mol. The van der Waals surface area contributed by atoms with Crippen LogP contribution in [0.5, 0.6) is 11.5 Å². The maximum atomic E-state index is 12.2. The van der Waals surface area contributed by atoms with Crippen LogP contribution < -0.4 is 14.8 Å². The summed E-state index contributed by atoms with van der Waals surface area (Å²) in [7, 11) is 0. The largest absolute Gasteiger partial charge is 0.490 e. The minimum atomic E-state index is -0.388. The van der Waals surface area contributed by atoms with Crippen molar-refractivity contribution in [3.8, 4) is 17.6 Å². The van der Waals surface area contributed by atoms with Crippen molar-refractivity contribution in [1.82, 2.24) is 5.32 Å². The maximum absolute atomic E-state index is 12.2. The first-order chi connectivity index (χ1) is 14.2. The molecule has 0 unspecified atom stereocenters. The summed E-state index contributed by atoms with van der Waals surface area (Å²) in [6, 6.07) is 18.7. The zero-order chi connectivity index (χ0) is 20.3. The van der Waals surface area contributed by atoms with E-state index in [0.29, 0.717) is 25.5 Å². The Morgan fingerprint density at radius 3 is 2.41 bits per heavy atom. The summed E-state index contributed by atoms with van der Waals surface area (Å²) in [5, 5.41) is 12.1. The van der Waals surface area contributed by atoms with Gasteiger partial charge >= 0.3 is 0 Å². The SMILES string of the molecule is N#C/C(=C\c1ccc(OCCOc2ccccc2)cc1)C(=O)NC[C@@H]1CCCO1. The van der Waals surface area contributed by atoms with Crippen LogP contribution in [0.4, 0.5) is 0 Å². The number of nitrogens with zero attached hydrogens (tertiary/aromatic N) is 1. The Morgan fingerprint density at radius 2 is 1.79 bits per heavy atom. The molecule has 0 bridgehead atoms. The molecule has 6 nitrogen and oxygen atoms in total. The van der Waals surface area contributed by atoms with Gasteiger partial charge in [0.25, 0.3) is 5.91 Å². The van der Waals surface area contributed by atoms with E-state index in [-0.39, 0.29) is 17.6 Å². The summed E-state index contributed by atoms with van der Waals surface area (Å²) < 4.78 is 16.7. The van der Waals surface area contributed by atoms with E-state index >= 15 is 0 Å². The second-order valence-electron chi connectivity index (χ2n) is 6.59. The van der Waals surface area contributed by atoms with Crippen molar-refractivity contribution in [1.29, 1.82) is 5.26 Å². The van der Waals surface area contributed by atoms with Crippen molar-refractivity contribution in [2.24, 2.45) is 0 Å². The highest BCUT2D eigenvalue weighted by molar-refractivity contribution is 6.01. The normalized spacial score (nSPS) is 16.1. The van der Waals surface area contributed by atoms with Gasteiger partial charge < -0.3 is 19.5 Å².